The van der Waals surface area contributed by atoms with Gasteiger partial charge in [-0.15, -0.1) is 0 Å². The lowest BCUT2D eigenvalue weighted by Crippen LogP contribution is -2.58. The van der Waals surface area contributed by atoms with E-state index in [1.807, 2.05) is 58.0 Å². The molecule has 288 valence electrons. The number of urea groups is 1. The van der Waals surface area contributed by atoms with E-state index >= 15 is 0 Å². The number of hydrogen-bond donors (Lipinski definition) is 3. The van der Waals surface area contributed by atoms with Gasteiger partial charge in [0.05, 0.1) is 36.3 Å². The van der Waals surface area contributed by atoms with E-state index < -0.39 is 46.0 Å². The molecule has 3 heterocycles. The van der Waals surface area contributed by atoms with Gasteiger partial charge in [0.2, 0.25) is 16.8 Å². The second kappa shape index (κ2) is 17.5. The van der Waals surface area contributed by atoms with Crippen LogP contribution in [0.1, 0.15) is 58.9 Å². The largest absolute Gasteiger partial charge is 0.465 e. The first-order valence-corrected chi connectivity index (χ1v) is 19.7. The Balaban J connectivity index is 1.40. The Labute approximate surface area is 307 Å². The maximum atomic E-state index is 14.5. The lowest BCUT2D eigenvalue weighted by atomic mass is 9.87. The Hall–Kier alpha value is -3.63. The molecule has 3 aliphatic heterocycles. The average molecular weight is 747 g/mol. The van der Waals surface area contributed by atoms with Crippen molar-refractivity contribution in [1.82, 2.24) is 19.4 Å². The highest BCUT2D eigenvalue weighted by molar-refractivity contribution is 7.89. The number of unbranched alkanes of at least 4 members (excludes halogenated alkanes) is 1. The Morgan fingerprint density at radius 3 is 2.46 bits per heavy atom. The number of carbonyl (C=O) groups is 2. The molecule has 14 nitrogen and oxygen atoms in total. The summed E-state index contributed by atoms with van der Waals surface area (Å²) < 4.78 is 52.7. The summed E-state index contributed by atoms with van der Waals surface area (Å²) in [6, 6.07) is 12.0. The normalized spacial score (nSPS) is 20.8. The highest BCUT2D eigenvalue weighted by Crippen LogP contribution is 2.38. The molecule has 2 saturated heterocycles. The fourth-order valence-electron chi connectivity index (χ4n) is 7.40. The van der Waals surface area contributed by atoms with Crippen molar-refractivity contribution in [1.29, 1.82) is 0 Å². The zero-order chi connectivity index (χ0) is 37.5. The molecular weight excluding hydrogens is 692 g/mol. The first kappa shape index (κ1) is 39.6. The molecule has 3 N–H and O–H groups in total. The van der Waals surface area contributed by atoms with Crippen molar-refractivity contribution < 1.29 is 47.2 Å². The highest BCUT2D eigenvalue weighted by Gasteiger charge is 2.49. The number of aliphatic hydroxyl groups excluding tert-OH is 1. The van der Waals surface area contributed by atoms with E-state index in [9.17, 15) is 28.2 Å². The number of nitrogens with zero attached hydrogens (tertiary/aromatic N) is 3. The molecule has 3 amide bonds. The van der Waals surface area contributed by atoms with Crippen molar-refractivity contribution in [3.05, 3.63) is 54.1 Å². The van der Waals surface area contributed by atoms with E-state index in [4.69, 9.17) is 18.9 Å². The summed E-state index contributed by atoms with van der Waals surface area (Å²) in [5.74, 6) is 0.541. The molecule has 15 heteroatoms. The molecule has 0 aliphatic carbocycles. The number of carbonyl (C=O) groups excluding carboxylic acids is 1. The molecule has 0 spiro atoms. The maximum absolute atomic E-state index is 14.5. The topological polar surface area (TPSA) is 167 Å². The molecule has 3 aliphatic rings. The van der Waals surface area contributed by atoms with Gasteiger partial charge in [-0.3, -0.25) is 4.90 Å². The molecule has 5 rings (SSSR count). The minimum absolute atomic E-state index is 0.0202. The number of rotatable bonds is 18. The van der Waals surface area contributed by atoms with Crippen LogP contribution in [0.15, 0.2) is 53.4 Å². The lowest BCUT2D eigenvalue weighted by Gasteiger charge is -2.40. The van der Waals surface area contributed by atoms with E-state index in [1.54, 1.807) is 11.0 Å². The van der Waals surface area contributed by atoms with Gasteiger partial charge in [0.15, 0.2) is 17.8 Å². The second-order valence-electron chi connectivity index (χ2n) is 14.4. The van der Waals surface area contributed by atoms with Crippen molar-refractivity contribution in [2.45, 2.75) is 89.2 Å². The molecule has 2 aromatic carbocycles. The van der Waals surface area contributed by atoms with Gasteiger partial charge in [-0.05, 0) is 62.6 Å². The van der Waals surface area contributed by atoms with Gasteiger partial charge in [0.1, 0.15) is 0 Å². The predicted octanol–water partition coefficient (Wildman–Crippen LogP) is 4.37. The summed E-state index contributed by atoms with van der Waals surface area (Å²) in [4.78, 5) is 28.4. The number of benzene rings is 2. The summed E-state index contributed by atoms with van der Waals surface area (Å²) in [6.07, 6.45) is -0.316. The summed E-state index contributed by atoms with van der Waals surface area (Å²) in [7, 11) is -4.23. The van der Waals surface area contributed by atoms with Crippen LogP contribution in [0.5, 0.6) is 11.5 Å². The highest BCUT2D eigenvalue weighted by atomic mass is 32.2. The molecule has 2 fully saturated rings. The minimum atomic E-state index is -4.23. The van der Waals surface area contributed by atoms with Gasteiger partial charge in [0.25, 0.3) is 0 Å². The van der Waals surface area contributed by atoms with Crippen LogP contribution < -0.4 is 14.8 Å². The fourth-order valence-corrected chi connectivity index (χ4v) is 9.06. The zero-order valence-electron chi connectivity index (χ0n) is 30.6. The van der Waals surface area contributed by atoms with Gasteiger partial charge in [0, 0.05) is 44.7 Å². The van der Waals surface area contributed by atoms with Gasteiger partial charge in [-0.25, -0.2) is 18.0 Å². The number of aliphatic hydroxyl groups is 1. The zero-order valence-corrected chi connectivity index (χ0v) is 31.4. The van der Waals surface area contributed by atoms with E-state index in [-0.39, 0.29) is 49.8 Å². The summed E-state index contributed by atoms with van der Waals surface area (Å²) in [6.45, 7) is 9.75. The number of ether oxygens (including phenoxy) is 4. The number of carboxylic acid groups (broad SMARTS) is 1. The molecule has 0 bridgehead atoms. The van der Waals surface area contributed by atoms with Gasteiger partial charge in [-0.1, -0.05) is 50.6 Å². The van der Waals surface area contributed by atoms with Crippen LogP contribution in [0.3, 0.4) is 0 Å². The molecular formula is C37H54N4O10S. The Morgan fingerprint density at radius 1 is 1.02 bits per heavy atom. The summed E-state index contributed by atoms with van der Waals surface area (Å²) in [5.41, 5.74) is 0.246. The van der Waals surface area contributed by atoms with E-state index in [0.717, 1.165) is 12.0 Å². The van der Waals surface area contributed by atoms with Crippen molar-refractivity contribution in [3.8, 4) is 11.5 Å². The first-order valence-electron chi connectivity index (χ1n) is 18.2. The third kappa shape index (κ3) is 9.47. The quantitative estimate of drug-likeness (QED) is 0.187. The summed E-state index contributed by atoms with van der Waals surface area (Å²) >= 11 is 0. The molecule has 2 aromatic rings. The molecule has 0 aromatic heterocycles. The SMILES string of the molecule is CCN(CC)C(=O)NCCCCC(C)(C)CN(C[C@@H](O)[C@H](Cc1ccccc1)N(C(=O)O)[C@H]1CO[C@H]2OCC[C@H]21)S(=O)(=O)c1ccc2c(c1)OCO2. The number of hydrogen-bond acceptors (Lipinski definition) is 9. The number of sulfonamides is 1. The summed E-state index contributed by atoms with van der Waals surface area (Å²) in [5, 5.41) is 25.7. The minimum Gasteiger partial charge on any atom is -0.465 e. The monoisotopic (exact) mass is 746 g/mol. The maximum Gasteiger partial charge on any atom is 0.407 e. The number of nitrogens with one attached hydrogen (secondary N) is 1. The molecule has 0 unspecified atom stereocenters. The van der Waals surface area contributed by atoms with Gasteiger partial charge < -0.3 is 39.4 Å². The standard InChI is InChI=1S/C37H54N4O10S/c1-5-39(6-2)35(43)38-18-11-10-17-37(3,4)24-40(52(46,47)27-14-15-32-33(21-27)51-25-50-32)22-31(42)29(20-26-12-8-7-9-13-26)41(36(44)45)30-23-49-34-28(30)16-19-48-34/h7-9,12-15,21,28-31,34,42H,5-6,10-11,16-20,22-25H2,1-4H3,(H,38,43)(H,44,45)/t28-,29-,30-,31+,34+/m0/s1. The van der Waals surface area contributed by atoms with E-state index in [2.05, 4.69) is 5.32 Å². The van der Waals surface area contributed by atoms with Crippen LogP contribution in [-0.2, 0) is 25.9 Å². The van der Waals surface area contributed by atoms with E-state index in [1.165, 1.54) is 21.3 Å². The molecule has 5 atom stereocenters. The van der Waals surface area contributed by atoms with Crippen LogP contribution in [0, 0.1) is 11.3 Å². The lowest BCUT2D eigenvalue weighted by molar-refractivity contribution is -0.0906. The fraction of sp³-hybridized carbons (Fsp3) is 0.622. The van der Waals surface area contributed by atoms with Crippen molar-refractivity contribution in [2.24, 2.45) is 11.3 Å². The Morgan fingerprint density at radius 2 is 1.75 bits per heavy atom. The second-order valence-corrected chi connectivity index (χ2v) is 16.4. The van der Waals surface area contributed by atoms with E-state index in [0.29, 0.717) is 57.0 Å². The molecule has 52 heavy (non-hydrogen) atoms. The molecule has 0 saturated carbocycles. The first-order chi connectivity index (χ1) is 24.8. The van der Waals surface area contributed by atoms with Crippen LogP contribution in [0.25, 0.3) is 0 Å². The predicted molar refractivity (Wildman–Crippen MR) is 193 cm³/mol. The number of amides is 3. The average Bonchev–Trinajstić information content (AvgIpc) is 3.87. The Kier molecular flexibility index (Phi) is 13.3. The van der Waals surface area contributed by atoms with Crippen molar-refractivity contribution >= 4 is 22.1 Å². The van der Waals surface area contributed by atoms with Crippen molar-refractivity contribution in [3.63, 3.8) is 0 Å². The third-order valence-corrected chi connectivity index (χ3v) is 12.1. The van der Waals surface area contributed by atoms with Crippen LogP contribution >= 0.6 is 0 Å². The van der Waals surface area contributed by atoms with Crippen LogP contribution in [0.4, 0.5) is 9.59 Å². The smallest absolute Gasteiger partial charge is 0.407 e. The van der Waals surface area contributed by atoms with Crippen molar-refractivity contribution in [2.75, 3.05) is 52.7 Å². The van der Waals surface area contributed by atoms with Crippen LogP contribution in [0.2, 0.25) is 0 Å². The van der Waals surface area contributed by atoms with Gasteiger partial charge in [-0.2, -0.15) is 4.31 Å². The van der Waals surface area contributed by atoms with Crippen LogP contribution in [-0.4, -0.2) is 122 Å². The van der Waals surface area contributed by atoms with Gasteiger partial charge >= 0.3 is 12.1 Å². The molecule has 0 radical (unpaired) electrons. The number of fused-ring (bicyclic) bond motifs is 2. The third-order valence-electron chi connectivity index (χ3n) is 10.3. The Bertz CT molecular complexity index is 1610.